The highest BCUT2D eigenvalue weighted by Gasteiger charge is 2.39. The van der Waals surface area contributed by atoms with Crippen molar-refractivity contribution >= 4 is 12.8 Å². The minimum absolute atomic E-state index is 0.797. The first-order valence-electron chi connectivity index (χ1n) is 5.58. The van der Waals surface area contributed by atoms with Gasteiger partial charge in [-0.2, -0.15) is 0 Å². The molecule has 3 heteroatoms. The highest BCUT2D eigenvalue weighted by molar-refractivity contribution is 7.77. The van der Waals surface area contributed by atoms with Crippen molar-refractivity contribution in [2.24, 2.45) is 0 Å². The molecule has 0 bridgehead atoms. The molecule has 1 heterocycles. The summed E-state index contributed by atoms with van der Waals surface area (Å²) in [5.74, 6) is 0.797. The van der Waals surface area contributed by atoms with Gasteiger partial charge in [0.15, 0.2) is 5.75 Å². The lowest BCUT2D eigenvalue weighted by molar-refractivity contribution is -0.0893. The maximum absolute atomic E-state index is 5.65. The van der Waals surface area contributed by atoms with Crippen molar-refractivity contribution < 1.29 is 9.56 Å². The molecule has 2 nitrogen and oxygen atoms in total. The summed E-state index contributed by atoms with van der Waals surface area (Å²) < 4.78 is 5.65. The Labute approximate surface area is 102 Å². The van der Waals surface area contributed by atoms with Crippen molar-refractivity contribution in [3.8, 4) is 16.9 Å². The van der Waals surface area contributed by atoms with E-state index in [0.717, 1.165) is 11.3 Å². The maximum Gasteiger partial charge on any atom is 0.227 e. The van der Waals surface area contributed by atoms with E-state index in [2.05, 4.69) is 43.7 Å². The standard InChI is InChI=1S/C14H14O2P/c1-17(2)14-10-6-4-8-12(14)11-7-3-5-9-13(11)15-16-17/h3-10H,1-2H3/q+1. The third kappa shape index (κ3) is 1.74. The first kappa shape index (κ1) is 10.8. The third-order valence-electron chi connectivity index (χ3n) is 2.97. The molecule has 0 amide bonds. The molecule has 1 aliphatic rings. The van der Waals surface area contributed by atoms with Gasteiger partial charge < -0.3 is 4.89 Å². The van der Waals surface area contributed by atoms with Crippen LogP contribution in [0.2, 0.25) is 0 Å². The molecular weight excluding hydrogens is 231 g/mol. The average molecular weight is 245 g/mol. The van der Waals surface area contributed by atoms with Gasteiger partial charge in [-0.1, -0.05) is 36.4 Å². The molecule has 0 saturated carbocycles. The quantitative estimate of drug-likeness (QED) is 0.522. The number of hydrogen-bond acceptors (Lipinski definition) is 2. The second kappa shape index (κ2) is 3.83. The van der Waals surface area contributed by atoms with Crippen LogP contribution >= 0.6 is 7.49 Å². The topological polar surface area (TPSA) is 18.5 Å². The average Bonchev–Trinajstić information content (AvgIpc) is 2.47. The van der Waals surface area contributed by atoms with Crippen molar-refractivity contribution in [3.05, 3.63) is 48.5 Å². The van der Waals surface area contributed by atoms with E-state index in [4.69, 9.17) is 9.56 Å². The zero-order chi connectivity index (χ0) is 11.9. The summed E-state index contributed by atoms with van der Waals surface area (Å²) >= 11 is 0. The van der Waals surface area contributed by atoms with Crippen LogP contribution in [0.4, 0.5) is 0 Å². The monoisotopic (exact) mass is 245 g/mol. The van der Waals surface area contributed by atoms with Gasteiger partial charge in [0.2, 0.25) is 7.49 Å². The van der Waals surface area contributed by atoms with E-state index < -0.39 is 7.49 Å². The zero-order valence-corrected chi connectivity index (χ0v) is 10.8. The number of fused-ring (bicyclic) bond motifs is 3. The Morgan fingerprint density at radius 1 is 0.824 bits per heavy atom. The molecule has 1 aliphatic heterocycles. The molecule has 0 N–H and O–H groups in total. The summed E-state index contributed by atoms with van der Waals surface area (Å²) in [6, 6.07) is 16.4. The van der Waals surface area contributed by atoms with E-state index in [0.29, 0.717) is 0 Å². The van der Waals surface area contributed by atoms with Crippen LogP contribution in [0.1, 0.15) is 0 Å². The van der Waals surface area contributed by atoms with Gasteiger partial charge in [-0.05, 0) is 16.8 Å². The van der Waals surface area contributed by atoms with Crippen LogP contribution < -0.4 is 10.2 Å². The van der Waals surface area contributed by atoms with Crippen LogP contribution in [-0.2, 0) is 4.67 Å². The Morgan fingerprint density at radius 3 is 2.29 bits per heavy atom. The van der Waals surface area contributed by atoms with Crippen LogP contribution in [0.5, 0.6) is 5.75 Å². The molecule has 0 atom stereocenters. The van der Waals surface area contributed by atoms with Gasteiger partial charge in [-0.3, -0.25) is 0 Å². The lowest BCUT2D eigenvalue weighted by Crippen LogP contribution is -2.13. The number of hydrogen-bond donors (Lipinski definition) is 0. The van der Waals surface area contributed by atoms with E-state index in [1.807, 2.05) is 18.2 Å². The molecule has 0 aromatic heterocycles. The Kier molecular flexibility index (Phi) is 2.43. The van der Waals surface area contributed by atoms with E-state index in [1.165, 1.54) is 10.9 Å². The first-order chi connectivity index (χ1) is 8.18. The summed E-state index contributed by atoms with van der Waals surface area (Å²) in [6.45, 7) is 4.25. The minimum atomic E-state index is -1.67. The molecule has 17 heavy (non-hydrogen) atoms. The molecule has 2 aromatic carbocycles. The van der Waals surface area contributed by atoms with Gasteiger partial charge in [-0.15, -0.1) is 0 Å². The van der Waals surface area contributed by atoms with Gasteiger partial charge in [0, 0.05) is 11.1 Å². The fraction of sp³-hybridized carbons (Fsp3) is 0.143. The maximum atomic E-state index is 5.65. The zero-order valence-electron chi connectivity index (χ0n) is 9.88. The van der Waals surface area contributed by atoms with Gasteiger partial charge in [0.05, 0.1) is 13.3 Å². The van der Waals surface area contributed by atoms with Crippen LogP contribution in [0, 0.1) is 0 Å². The fourth-order valence-electron chi connectivity index (χ4n) is 2.11. The van der Waals surface area contributed by atoms with Gasteiger partial charge in [-0.25, -0.2) is 0 Å². The number of rotatable bonds is 0. The van der Waals surface area contributed by atoms with Crippen LogP contribution in [0.3, 0.4) is 0 Å². The summed E-state index contributed by atoms with van der Waals surface area (Å²) in [5.41, 5.74) is 2.33. The van der Waals surface area contributed by atoms with Crippen LogP contribution in [0.15, 0.2) is 48.5 Å². The largest absolute Gasteiger partial charge is 0.302 e. The smallest absolute Gasteiger partial charge is 0.227 e. The van der Waals surface area contributed by atoms with Crippen LogP contribution in [0.25, 0.3) is 11.1 Å². The molecular formula is C14H14O2P+. The number of benzene rings is 2. The van der Waals surface area contributed by atoms with Crippen LogP contribution in [-0.4, -0.2) is 13.3 Å². The summed E-state index contributed by atoms with van der Waals surface area (Å²) in [7, 11) is -1.67. The third-order valence-corrected chi connectivity index (χ3v) is 4.97. The molecule has 3 rings (SSSR count). The van der Waals surface area contributed by atoms with E-state index >= 15 is 0 Å². The van der Waals surface area contributed by atoms with Crippen molar-refractivity contribution in [1.29, 1.82) is 0 Å². The molecule has 0 saturated heterocycles. The van der Waals surface area contributed by atoms with Crippen molar-refractivity contribution in [2.45, 2.75) is 0 Å². The SMILES string of the molecule is C[P+]1(C)OOc2ccccc2-c2ccccc21. The minimum Gasteiger partial charge on any atom is -0.302 e. The Balaban J connectivity index is 2.31. The summed E-state index contributed by atoms with van der Waals surface area (Å²) in [5, 5.41) is 1.25. The van der Waals surface area contributed by atoms with Gasteiger partial charge in [0.25, 0.3) is 0 Å². The Bertz CT molecular complexity index is 564. The lowest BCUT2D eigenvalue weighted by Gasteiger charge is -2.13. The van der Waals surface area contributed by atoms with Gasteiger partial charge in [0.1, 0.15) is 5.30 Å². The first-order valence-corrected chi connectivity index (χ1v) is 8.18. The van der Waals surface area contributed by atoms with Crippen molar-refractivity contribution in [1.82, 2.24) is 0 Å². The van der Waals surface area contributed by atoms with Crippen molar-refractivity contribution in [2.75, 3.05) is 13.3 Å². The van der Waals surface area contributed by atoms with Crippen molar-refractivity contribution in [3.63, 3.8) is 0 Å². The van der Waals surface area contributed by atoms with E-state index in [9.17, 15) is 0 Å². The normalized spacial score (nSPS) is 16.4. The highest BCUT2D eigenvalue weighted by Crippen LogP contribution is 2.55. The predicted octanol–water partition coefficient (Wildman–Crippen LogP) is 3.50. The van der Waals surface area contributed by atoms with Gasteiger partial charge >= 0.3 is 0 Å². The molecule has 86 valence electrons. The second-order valence-corrected chi connectivity index (χ2v) is 7.85. The second-order valence-electron chi connectivity index (χ2n) is 4.52. The molecule has 2 aromatic rings. The Morgan fingerprint density at radius 2 is 1.47 bits per heavy atom. The molecule has 0 aliphatic carbocycles. The molecule has 0 fully saturated rings. The predicted molar refractivity (Wildman–Crippen MR) is 72.0 cm³/mol. The molecule has 0 unspecified atom stereocenters. The Hall–Kier alpha value is -1.37. The molecule has 0 radical (unpaired) electrons. The summed E-state index contributed by atoms with van der Waals surface area (Å²) in [6.07, 6.45) is 0. The summed E-state index contributed by atoms with van der Waals surface area (Å²) in [4.78, 5) is 5.50. The number of para-hydroxylation sites is 1. The fourth-order valence-corrected chi connectivity index (χ4v) is 3.67. The van der Waals surface area contributed by atoms with E-state index in [1.54, 1.807) is 0 Å². The highest BCUT2D eigenvalue weighted by atomic mass is 31.2. The van der Waals surface area contributed by atoms with E-state index in [-0.39, 0.29) is 0 Å². The molecule has 0 spiro atoms. The lowest BCUT2D eigenvalue weighted by atomic mass is 10.0.